The molecule has 0 aliphatic heterocycles. The first-order valence-corrected chi connectivity index (χ1v) is 13.8. The van der Waals surface area contributed by atoms with Crippen molar-refractivity contribution in [3.63, 3.8) is 0 Å². The summed E-state index contributed by atoms with van der Waals surface area (Å²) in [6, 6.07) is 9.55. The number of carbonyl (C=O) groups excluding carboxylic acids is 4. The summed E-state index contributed by atoms with van der Waals surface area (Å²) in [5.74, 6) is 0.432. The van der Waals surface area contributed by atoms with Gasteiger partial charge in [-0.3, -0.25) is 19.2 Å². The lowest BCUT2D eigenvalue weighted by Gasteiger charge is -2.27. The van der Waals surface area contributed by atoms with E-state index in [9.17, 15) is 32.3 Å². The maximum atomic E-state index is 12.8. The molecule has 0 N–H and O–H groups in total. The Morgan fingerprint density at radius 3 is 1.31 bits per heavy atom. The minimum Gasteiger partial charge on any atom is -0.490 e. The first-order valence-electron chi connectivity index (χ1n) is 13.8. The van der Waals surface area contributed by atoms with Crippen molar-refractivity contribution >= 4 is 23.1 Å². The van der Waals surface area contributed by atoms with Crippen molar-refractivity contribution in [3.8, 4) is 11.5 Å². The van der Waals surface area contributed by atoms with Crippen LogP contribution in [0.5, 0.6) is 11.5 Å². The van der Waals surface area contributed by atoms with Gasteiger partial charge in [-0.25, -0.2) is 0 Å². The van der Waals surface area contributed by atoms with Gasteiger partial charge in [0, 0.05) is 37.5 Å². The van der Waals surface area contributed by atoms with Gasteiger partial charge in [0.15, 0.2) is 0 Å². The van der Waals surface area contributed by atoms with Gasteiger partial charge in [-0.1, -0.05) is 13.5 Å². The molecular weight excluding hydrogens is 549 g/mol. The van der Waals surface area contributed by atoms with Crippen LogP contribution in [0.3, 0.4) is 0 Å². The summed E-state index contributed by atoms with van der Waals surface area (Å²) in [6.45, 7) is 9.22. The second kappa shape index (κ2) is 14.6. The molecule has 6 nitrogen and oxygen atoms in total. The second-order valence-corrected chi connectivity index (χ2v) is 11.3. The summed E-state index contributed by atoms with van der Waals surface area (Å²) in [4.78, 5) is 45.9. The normalized spacial score (nSPS) is 18.0. The Morgan fingerprint density at radius 2 is 0.952 bits per heavy atom. The van der Waals surface area contributed by atoms with Gasteiger partial charge in [-0.2, -0.15) is 13.2 Å². The number of hydrogen-bond donors (Lipinski definition) is 0. The number of rotatable bonds is 6. The van der Waals surface area contributed by atoms with Crippen LogP contribution in [0.25, 0.3) is 0 Å². The van der Waals surface area contributed by atoms with Crippen molar-refractivity contribution in [2.75, 3.05) is 0 Å². The molecule has 2 aliphatic carbocycles. The highest BCUT2D eigenvalue weighted by Gasteiger charge is 2.33. The summed E-state index contributed by atoms with van der Waals surface area (Å²) >= 11 is 0. The third-order valence-electron chi connectivity index (χ3n) is 7.29. The molecule has 0 bridgehead atoms. The van der Waals surface area contributed by atoms with Crippen LogP contribution in [0.2, 0.25) is 0 Å². The van der Waals surface area contributed by atoms with Crippen molar-refractivity contribution < 1.29 is 41.8 Å². The zero-order chi connectivity index (χ0) is 30.5. The number of ether oxygens (including phenoxy) is 2. The fourth-order valence-corrected chi connectivity index (χ4v) is 5.31. The molecule has 2 saturated carbocycles. The molecule has 0 spiro atoms. The number of alkyl halides is 3. The van der Waals surface area contributed by atoms with Crippen LogP contribution in [0.15, 0.2) is 36.4 Å². The molecule has 0 amide bonds. The topological polar surface area (TPSA) is 86.7 Å². The molecule has 9 heteroatoms. The van der Waals surface area contributed by atoms with Crippen LogP contribution in [0, 0.1) is 32.6 Å². The van der Waals surface area contributed by atoms with Crippen molar-refractivity contribution in [3.05, 3.63) is 58.7 Å². The number of halogens is 3. The fourth-order valence-electron chi connectivity index (χ4n) is 5.31. The molecule has 2 aliphatic rings. The van der Waals surface area contributed by atoms with Gasteiger partial charge in [0.1, 0.15) is 34.6 Å². The zero-order valence-electron chi connectivity index (χ0n) is 24.1. The van der Waals surface area contributed by atoms with E-state index in [1.165, 1.54) is 6.07 Å². The van der Waals surface area contributed by atoms with Crippen LogP contribution in [-0.4, -0.2) is 35.3 Å². The van der Waals surface area contributed by atoms with E-state index < -0.39 is 17.8 Å². The third kappa shape index (κ3) is 10.4. The quantitative estimate of drug-likeness (QED) is 0.327. The number of Topliss-reactive ketones (excluding diaryl/α,β-unsaturated/α-hetero) is 4. The Balaban J connectivity index is 0.000000289. The predicted molar refractivity (Wildman–Crippen MR) is 154 cm³/mol. The predicted octanol–water partition coefficient (Wildman–Crippen LogP) is 7.36. The highest BCUT2D eigenvalue weighted by molar-refractivity contribution is 6.02. The van der Waals surface area contributed by atoms with Gasteiger partial charge in [0.05, 0.1) is 30.6 Å². The van der Waals surface area contributed by atoms with Crippen molar-refractivity contribution in [2.45, 2.75) is 99.0 Å². The molecule has 4 rings (SSSR count). The lowest BCUT2D eigenvalue weighted by atomic mass is 9.84. The lowest BCUT2D eigenvalue weighted by molar-refractivity contribution is -0.138. The van der Waals surface area contributed by atoms with Gasteiger partial charge in [-0.05, 0) is 81.6 Å². The van der Waals surface area contributed by atoms with E-state index in [0.717, 1.165) is 29.0 Å². The molecule has 230 valence electrons. The molecule has 42 heavy (non-hydrogen) atoms. The summed E-state index contributed by atoms with van der Waals surface area (Å²) in [7, 11) is 0. The SMILES string of the molecule is C.Cc1cc(C)cc(O[C@@H](C)C2CC(=O)CC(=O)C2)c1.Cc1cc(O[C@H](C)C2CC(=O)CC(=O)C2)cc(C(F)(F)F)c1. The van der Waals surface area contributed by atoms with Crippen LogP contribution >= 0.6 is 0 Å². The average Bonchev–Trinajstić information content (AvgIpc) is 2.81. The minimum absolute atomic E-state index is 0. The number of aryl methyl sites for hydroxylation is 3. The molecule has 2 aromatic rings. The number of hydrogen-bond acceptors (Lipinski definition) is 6. The van der Waals surface area contributed by atoms with E-state index in [4.69, 9.17) is 9.47 Å². The van der Waals surface area contributed by atoms with Crippen LogP contribution < -0.4 is 9.47 Å². The highest BCUT2D eigenvalue weighted by Crippen LogP contribution is 2.34. The minimum atomic E-state index is -4.44. The van der Waals surface area contributed by atoms with Gasteiger partial charge in [-0.15, -0.1) is 0 Å². The van der Waals surface area contributed by atoms with E-state index in [0.29, 0.717) is 18.4 Å². The van der Waals surface area contributed by atoms with E-state index >= 15 is 0 Å². The van der Waals surface area contributed by atoms with Gasteiger partial charge >= 0.3 is 6.18 Å². The molecule has 2 atom stereocenters. The van der Waals surface area contributed by atoms with E-state index in [-0.39, 0.29) is 79.9 Å². The van der Waals surface area contributed by atoms with Crippen molar-refractivity contribution in [2.24, 2.45) is 11.8 Å². The Hall–Kier alpha value is -3.49. The Morgan fingerprint density at radius 1 is 0.619 bits per heavy atom. The van der Waals surface area contributed by atoms with E-state index in [1.807, 2.05) is 32.9 Å². The van der Waals surface area contributed by atoms with E-state index in [1.54, 1.807) is 13.8 Å². The molecule has 0 aromatic heterocycles. The first-order chi connectivity index (χ1) is 19.1. The maximum Gasteiger partial charge on any atom is 0.416 e. The fraction of sp³-hybridized carbons (Fsp3) is 0.515. The first kappa shape index (κ1) is 34.7. The molecule has 2 aromatic carbocycles. The standard InChI is InChI=1S/C16H17F3O3.C16H20O3.CH4/c1-9-3-12(16(17,18)19)7-15(4-9)22-10(2)11-5-13(20)8-14(21)6-11;1-10-4-11(2)6-16(5-10)19-12(3)13-7-14(17)9-15(18)8-13;/h3-4,7,10-11H,5-6,8H2,1-2H3;4-6,12-13H,7-9H2,1-3H3;1H4/t10-;12-;/m10./s1. The van der Waals surface area contributed by atoms with Gasteiger partial charge in [0.2, 0.25) is 0 Å². The van der Waals surface area contributed by atoms with Gasteiger partial charge in [0.25, 0.3) is 0 Å². The Labute approximate surface area is 246 Å². The third-order valence-corrected chi connectivity index (χ3v) is 7.29. The summed E-state index contributed by atoms with van der Waals surface area (Å²) in [5, 5.41) is 0. The molecule has 2 fully saturated rings. The molecule has 0 unspecified atom stereocenters. The highest BCUT2D eigenvalue weighted by atomic mass is 19.4. The van der Waals surface area contributed by atoms with Gasteiger partial charge < -0.3 is 9.47 Å². The molecular formula is C33H41F3O6. The number of ketones is 4. The number of benzene rings is 2. The van der Waals surface area contributed by atoms with E-state index in [2.05, 4.69) is 6.07 Å². The molecule has 0 heterocycles. The smallest absolute Gasteiger partial charge is 0.416 e. The van der Waals surface area contributed by atoms with Crippen molar-refractivity contribution in [1.82, 2.24) is 0 Å². The maximum absolute atomic E-state index is 12.8. The summed E-state index contributed by atoms with van der Waals surface area (Å²) < 4.78 is 49.9. The lowest BCUT2D eigenvalue weighted by Crippen LogP contribution is -2.33. The zero-order valence-corrected chi connectivity index (χ0v) is 24.1. The van der Waals surface area contributed by atoms with Crippen LogP contribution in [-0.2, 0) is 25.4 Å². The largest absolute Gasteiger partial charge is 0.490 e. The summed E-state index contributed by atoms with van der Waals surface area (Å²) in [6.07, 6.45) is -3.64. The monoisotopic (exact) mass is 590 g/mol. The van der Waals surface area contributed by atoms with Crippen LogP contribution in [0.1, 0.15) is 82.1 Å². The van der Waals surface area contributed by atoms with Crippen LogP contribution in [0.4, 0.5) is 13.2 Å². The van der Waals surface area contributed by atoms with Crippen molar-refractivity contribution in [1.29, 1.82) is 0 Å². The number of carbonyl (C=O) groups is 4. The molecule has 0 radical (unpaired) electrons. The summed E-state index contributed by atoms with van der Waals surface area (Å²) in [5.41, 5.74) is 1.97. The second-order valence-electron chi connectivity index (χ2n) is 11.3. The Bertz CT molecular complexity index is 1250. The average molecular weight is 591 g/mol. The Kier molecular flexibility index (Phi) is 12.1. The molecule has 0 saturated heterocycles.